The van der Waals surface area contributed by atoms with Crippen LogP contribution in [-0.2, 0) is 0 Å². The van der Waals surface area contributed by atoms with E-state index in [1.165, 1.54) is 32.3 Å². The molecule has 0 bridgehead atoms. The maximum Gasteiger partial charge on any atom is 0.0423 e. The predicted octanol–water partition coefficient (Wildman–Crippen LogP) is 6.56. The summed E-state index contributed by atoms with van der Waals surface area (Å²) in [7, 11) is 0. The van der Waals surface area contributed by atoms with Gasteiger partial charge in [0.15, 0.2) is 0 Å². The topological polar surface area (TPSA) is 0 Å². The van der Waals surface area contributed by atoms with Crippen LogP contribution < -0.4 is 0 Å². The molecule has 0 aliphatic heterocycles. The minimum Gasteiger partial charge on any atom is -0.0843 e. The molecule has 0 fully saturated rings. The molecule has 0 unspecified atom stereocenters. The molecule has 0 saturated carbocycles. The lowest BCUT2D eigenvalue weighted by Crippen LogP contribution is -1.84. The van der Waals surface area contributed by atoms with E-state index in [9.17, 15) is 0 Å². The monoisotopic (exact) mass is 340 g/mol. The third-order valence-electron chi connectivity index (χ3n) is 3.76. The van der Waals surface area contributed by atoms with Gasteiger partial charge in [0.25, 0.3) is 0 Å². The Bertz CT molecular complexity index is 973. The van der Waals surface area contributed by atoms with Crippen LogP contribution in [0.25, 0.3) is 32.3 Å². The summed E-state index contributed by atoms with van der Waals surface area (Å²) in [5.41, 5.74) is 0. The number of halogens is 2. The van der Waals surface area contributed by atoms with Crippen molar-refractivity contribution >= 4 is 59.8 Å². The van der Waals surface area contributed by atoms with Crippen molar-refractivity contribution in [3.63, 3.8) is 0 Å². The zero-order valence-corrected chi connectivity index (χ0v) is 12.9. The van der Waals surface area contributed by atoms with Crippen molar-refractivity contribution in [2.45, 2.75) is 0 Å². The highest BCUT2D eigenvalue weighted by molar-refractivity contribution is 9.10. The molecule has 0 aliphatic rings. The highest BCUT2D eigenvalue weighted by atomic mass is 79.9. The molecule has 0 aromatic heterocycles. The van der Waals surface area contributed by atoms with E-state index in [0.717, 1.165) is 9.50 Å². The highest BCUT2D eigenvalue weighted by Gasteiger charge is 2.11. The Kier molecular flexibility index (Phi) is 2.73. The van der Waals surface area contributed by atoms with Gasteiger partial charge in [-0.05, 0) is 39.1 Å². The van der Waals surface area contributed by atoms with Crippen molar-refractivity contribution in [2.75, 3.05) is 0 Å². The fraction of sp³-hybridized carbons (Fsp3) is 0. The van der Waals surface area contributed by atoms with Crippen LogP contribution in [0.4, 0.5) is 0 Å². The Labute approximate surface area is 130 Å². The average molecular weight is 342 g/mol. The molecule has 0 N–H and O–H groups in total. The van der Waals surface area contributed by atoms with Crippen LogP contribution in [0, 0.1) is 0 Å². The molecule has 0 spiro atoms. The standard InChI is InChI=1S/C18H10BrCl/c19-17-10-11(20)9-16-14-7-2-1-5-12(14)13-6-3-4-8-15(13)18(16)17/h1-10H. The Balaban J connectivity index is 2.46. The van der Waals surface area contributed by atoms with Crippen LogP contribution in [0.1, 0.15) is 0 Å². The SMILES string of the molecule is Clc1cc(Br)c2c3ccccc3c3ccccc3c2c1. The Morgan fingerprint density at radius 3 is 1.80 bits per heavy atom. The summed E-state index contributed by atoms with van der Waals surface area (Å²) in [6.45, 7) is 0. The van der Waals surface area contributed by atoms with Crippen molar-refractivity contribution < 1.29 is 0 Å². The minimum atomic E-state index is 0.754. The van der Waals surface area contributed by atoms with E-state index in [2.05, 4.69) is 70.5 Å². The first-order chi connectivity index (χ1) is 9.75. The van der Waals surface area contributed by atoms with Crippen molar-refractivity contribution in [1.82, 2.24) is 0 Å². The fourth-order valence-electron chi connectivity index (χ4n) is 2.95. The van der Waals surface area contributed by atoms with Gasteiger partial charge in [0.2, 0.25) is 0 Å². The number of hydrogen-bond donors (Lipinski definition) is 0. The predicted molar refractivity (Wildman–Crippen MR) is 91.7 cm³/mol. The lowest BCUT2D eigenvalue weighted by molar-refractivity contribution is 1.74. The van der Waals surface area contributed by atoms with Gasteiger partial charge in [-0.25, -0.2) is 0 Å². The molecule has 20 heavy (non-hydrogen) atoms. The second-order valence-corrected chi connectivity index (χ2v) is 6.19. The molecule has 0 saturated heterocycles. The summed E-state index contributed by atoms with van der Waals surface area (Å²) in [6, 6.07) is 21.0. The number of benzene rings is 4. The number of hydrogen-bond acceptors (Lipinski definition) is 0. The second-order valence-electron chi connectivity index (χ2n) is 4.90. The van der Waals surface area contributed by atoms with Crippen LogP contribution in [0.5, 0.6) is 0 Å². The van der Waals surface area contributed by atoms with Crippen LogP contribution >= 0.6 is 27.5 Å². The quantitative estimate of drug-likeness (QED) is 0.318. The molecule has 2 heteroatoms. The molecule has 4 aromatic rings. The third-order valence-corrected chi connectivity index (χ3v) is 4.60. The van der Waals surface area contributed by atoms with Gasteiger partial charge >= 0.3 is 0 Å². The lowest BCUT2D eigenvalue weighted by Gasteiger charge is -2.12. The van der Waals surface area contributed by atoms with Crippen LogP contribution in [0.15, 0.2) is 65.1 Å². The maximum absolute atomic E-state index is 6.25. The molecular weight excluding hydrogens is 332 g/mol. The summed E-state index contributed by atoms with van der Waals surface area (Å²) in [5.74, 6) is 0. The average Bonchev–Trinajstić information content (AvgIpc) is 2.47. The molecule has 0 amide bonds. The van der Waals surface area contributed by atoms with Gasteiger partial charge in [0, 0.05) is 14.9 Å². The lowest BCUT2D eigenvalue weighted by atomic mass is 9.94. The molecule has 4 rings (SSSR count). The van der Waals surface area contributed by atoms with Crippen molar-refractivity contribution in [3.05, 3.63) is 70.2 Å². The molecule has 0 nitrogen and oxygen atoms in total. The molecule has 96 valence electrons. The van der Waals surface area contributed by atoms with Gasteiger partial charge in [0.05, 0.1) is 0 Å². The maximum atomic E-state index is 6.25. The van der Waals surface area contributed by atoms with E-state index in [-0.39, 0.29) is 0 Å². The van der Waals surface area contributed by atoms with Crippen LogP contribution in [-0.4, -0.2) is 0 Å². The molecular formula is C18H10BrCl. The van der Waals surface area contributed by atoms with E-state index in [0.29, 0.717) is 0 Å². The van der Waals surface area contributed by atoms with Crippen LogP contribution in [0.2, 0.25) is 5.02 Å². The number of fused-ring (bicyclic) bond motifs is 6. The van der Waals surface area contributed by atoms with E-state index >= 15 is 0 Å². The van der Waals surface area contributed by atoms with Crippen molar-refractivity contribution in [3.8, 4) is 0 Å². The summed E-state index contributed by atoms with van der Waals surface area (Å²) < 4.78 is 1.04. The van der Waals surface area contributed by atoms with Gasteiger partial charge in [0.1, 0.15) is 0 Å². The zero-order valence-electron chi connectivity index (χ0n) is 10.5. The summed E-state index contributed by atoms with van der Waals surface area (Å²) in [4.78, 5) is 0. The van der Waals surface area contributed by atoms with Crippen LogP contribution in [0.3, 0.4) is 0 Å². The van der Waals surface area contributed by atoms with Gasteiger partial charge < -0.3 is 0 Å². The Morgan fingerprint density at radius 1 is 0.650 bits per heavy atom. The molecule has 0 radical (unpaired) electrons. The first kappa shape index (κ1) is 12.2. The Morgan fingerprint density at radius 2 is 1.15 bits per heavy atom. The minimum absolute atomic E-state index is 0.754. The van der Waals surface area contributed by atoms with Gasteiger partial charge in [-0.3, -0.25) is 0 Å². The summed E-state index contributed by atoms with van der Waals surface area (Å²) in [5, 5.41) is 8.21. The Hall–Kier alpha value is -1.57. The molecule has 0 atom stereocenters. The zero-order chi connectivity index (χ0) is 13.7. The first-order valence-electron chi connectivity index (χ1n) is 6.44. The third kappa shape index (κ3) is 1.67. The first-order valence-corrected chi connectivity index (χ1v) is 7.61. The van der Waals surface area contributed by atoms with Gasteiger partial charge in [-0.15, -0.1) is 0 Å². The molecule has 0 aliphatic carbocycles. The molecule has 0 heterocycles. The van der Waals surface area contributed by atoms with Crippen molar-refractivity contribution in [2.24, 2.45) is 0 Å². The molecule has 4 aromatic carbocycles. The van der Waals surface area contributed by atoms with Gasteiger partial charge in [-0.1, -0.05) is 76.1 Å². The number of rotatable bonds is 0. The fourth-order valence-corrected chi connectivity index (χ4v) is 3.97. The van der Waals surface area contributed by atoms with E-state index in [4.69, 9.17) is 11.6 Å². The second kappa shape index (κ2) is 4.47. The van der Waals surface area contributed by atoms with Crippen molar-refractivity contribution in [1.29, 1.82) is 0 Å². The normalized spacial score (nSPS) is 11.5. The smallest absolute Gasteiger partial charge is 0.0423 e. The van der Waals surface area contributed by atoms with E-state index in [1.54, 1.807) is 0 Å². The van der Waals surface area contributed by atoms with Gasteiger partial charge in [-0.2, -0.15) is 0 Å². The van der Waals surface area contributed by atoms with E-state index < -0.39 is 0 Å². The highest BCUT2D eigenvalue weighted by Crippen LogP contribution is 2.39. The largest absolute Gasteiger partial charge is 0.0843 e. The summed E-state index contributed by atoms with van der Waals surface area (Å²) >= 11 is 9.92. The van der Waals surface area contributed by atoms with E-state index in [1.807, 2.05) is 6.07 Å². The summed E-state index contributed by atoms with van der Waals surface area (Å²) in [6.07, 6.45) is 0.